The zero-order valence-corrected chi connectivity index (χ0v) is 20.9. The minimum atomic E-state index is -0.523. The first kappa shape index (κ1) is 25.2. The molecule has 0 spiro atoms. The van der Waals surface area contributed by atoms with Crippen molar-refractivity contribution in [1.29, 1.82) is 0 Å². The Balaban J connectivity index is 1.73. The molecule has 2 aromatic rings. The Kier molecular flexibility index (Phi) is 8.87. The van der Waals surface area contributed by atoms with Crippen LogP contribution >= 0.6 is 11.8 Å². The Morgan fingerprint density at radius 3 is 2.45 bits per heavy atom. The van der Waals surface area contributed by atoms with Gasteiger partial charge in [0.05, 0.1) is 19.3 Å². The first-order valence-corrected chi connectivity index (χ1v) is 12.6. The van der Waals surface area contributed by atoms with Crippen molar-refractivity contribution in [3.05, 3.63) is 72.3 Å². The fourth-order valence-electron chi connectivity index (χ4n) is 3.85. The summed E-state index contributed by atoms with van der Waals surface area (Å²) in [6.07, 6.45) is 4.19. The molecule has 3 rings (SSSR count). The van der Waals surface area contributed by atoms with Crippen LogP contribution in [0, 0.1) is 0 Å². The van der Waals surface area contributed by atoms with Crippen molar-refractivity contribution in [3.63, 3.8) is 0 Å². The maximum Gasteiger partial charge on any atom is 0.410 e. The van der Waals surface area contributed by atoms with Gasteiger partial charge in [-0.25, -0.2) is 4.79 Å². The SMILES string of the molecule is C=CCOc1ccc(C2CCN(C(=O)OC(C)(C)C)CC2OCc2ccc(SC)cc2)cc1. The van der Waals surface area contributed by atoms with E-state index in [0.717, 1.165) is 17.7 Å². The van der Waals surface area contributed by atoms with Gasteiger partial charge in [-0.15, -0.1) is 11.8 Å². The second kappa shape index (κ2) is 11.6. The van der Waals surface area contributed by atoms with E-state index in [2.05, 4.69) is 49.2 Å². The van der Waals surface area contributed by atoms with E-state index < -0.39 is 5.60 Å². The van der Waals surface area contributed by atoms with E-state index in [-0.39, 0.29) is 18.1 Å². The minimum absolute atomic E-state index is 0.133. The molecule has 1 amide bonds. The Hall–Kier alpha value is -2.44. The topological polar surface area (TPSA) is 48.0 Å². The molecule has 1 fully saturated rings. The van der Waals surface area contributed by atoms with Crippen molar-refractivity contribution in [3.8, 4) is 5.75 Å². The zero-order chi connectivity index (χ0) is 23.8. The van der Waals surface area contributed by atoms with Gasteiger partial charge in [-0.1, -0.05) is 36.9 Å². The van der Waals surface area contributed by atoms with Crippen molar-refractivity contribution >= 4 is 17.9 Å². The number of amides is 1. The Morgan fingerprint density at radius 1 is 1.15 bits per heavy atom. The summed E-state index contributed by atoms with van der Waals surface area (Å²) in [7, 11) is 0. The third-order valence-electron chi connectivity index (χ3n) is 5.51. The highest BCUT2D eigenvalue weighted by Crippen LogP contribution is 2.33. The van der Waals surface area contributed by atoms with Crippen molar-refractivity contribution in [2.45, 2.75) is 56.3 Å². The van der Waals surface area contributed by atoms with Gasteiger partial charge in [0.2, 0.25) is 0 Å². The van der Waals surface area contributed by atoms with Gasteiger partial charge in [0.1, 0.15) is 18.0 Å². The van der Waals surface area contributed by atoms with E-state index in [1.54, 1.807) is 22.7 Å². The van der Waals surface area contributed by atoms with Gasteiger partial charge in [0.15, 0.2) is 0 Å². The maximum absolute atomic E-state index is 12.7. The second-order valence-electron chi connectivity index (χ2n) is 9.19. The van der Waals surface area contributed by atoms with Crippen molar-refractivity contribution < 1.29 is 19.0 Å². The molecule has 1 aliphatic rings. The number of nitrogens with zero attached hydrogens (tertiary/aromatic N) is 1. The number of carbonyl (C=O) groups excluding carboxylic acids is 1. The first-order valence-electron chi connectivity index (χ1n) is 11.3. The number of hydrogen-bond acceptors (Lipinski definition) is 5. The fourth-order valence-corrected chi connectivity index (χ4v) is 4.26. The molecule has 0 radical (unpaired) electrons. The van der Waals surface area contributed by atoms with Gasteiger partial charge in [-0.2, -0.15) is 0 Å². The van der Waals surface area contributed by atoms with Crippen molar-refractivity contribution in [2.75, 3.05) is 26.0 Å². The molecule has 2 aromatic carbocycles. The lowest BCUT2D eigenvalue weighted by molar-refractivity contribution is -0.0359. The van der Waals surface area contributed by atoms with Crippen molar-refractivity contribution in [2.24, 2.45) is 0 Å². The van der Waals surface area contributed by atoms with E-state index in [9.17, 15) is 4.79 Å². The smallest absolute Gasteiger partial charge is 0.410 e. The quantitative estimate of drug-likeness (QED) is 0.336. The average Bonchev–Trinajstić information content (AvgIpc) is 2.81. The van der Waals surface area contributed by atoms with Crippen molar-refractivity contribution in [1.82, 2.24) is 4.90 Å². The summed E-state index contributed by atoms with van der Waals surface area (Å²) >= 11 is 1.72. The van der Waals surface area contributed by atoms with E-state index >= 15 is 0 Å². The second-order valence-corrected chi connectivity index (χ2v) is 10.1. The first-order chi connectivity index (χ1) is 15.8. The molecule has 0 saturated carbocycles. The molecule has 1 heterocycles. The van der Waals surface area contributed by atoms with Gasteiger partial charge in [0.25, 0.3) is 0 Å². The lowest BCUT2D eigenvalue weighted by Crippen LogP contribution is -2.48. The molecular formula is C27H35NO4S. The monoisotopic (exact) mass is 469 g/mol. The standard InChI is InChI=1S/C27H35NO4S/c1-6-17-30-22-11-9-21(10-12-22)24-15-16-28(26(29)32-27(2,3)4)18-25(24)31-19-20-7-13-23(33-5)14-8-20/h6-14,24-25H,1,15-19H2,2-5H3. The summed E-state index contributed by atoms with van der Waals surface area (Å²) in [5.41, 5.74) is 1.78. The van der Waals surface area contributed by atoms with Gasteiger partial charge in [-0.05, 0) is 68.8 Å². The molecule has 6 heteroatoms. The van der Waals surface area contributed by atoms with E-state index in [1.165, 1.54) is 10.5 Å². The third-order valence-corrected chi connectivity index (χ3v) is 6.25. The van der Waals surface area contributed by atoms with Gasteiger partial charge >= 0.3 is 6.09 Å². The molecule has 2 atom stereocenters. The fraction of sp³-hybridized carbons (Fsp3) is 0.444. The highest BCUT2D eigenvalue weighted by atomic mass is 32.2. The summed E-state index contributed by atoms with van der Waals surface area (Å²) in [5.74, 6) is 0.999. The molecule has 2 unspecified atom stereocenters. The van der Waals surface area contributed by atoms with Crippen LogP contribution in [-0.4, -0.2) is 48.7 Å². The molecule has 5 nitrogen and oxygen atoms in total. The predicted octanol–water partition coefficient (Wildman–Crippen LogP) is 6.28. The number of carbonyl (C=O) groups is 1. The van der Waals surface area contributed by atoms with Crippen LogP contribution in [0.15, 0.2) is 66.1 Å². The molecule has 178 valence electrons. The molecule has 0 aliphatic carbocycles. The zero-order valence-electron chi connectivity index (χ0n) is 20.1. The van der Waals surface area contributed by atoms with Crippen LogP contribution in [-0.2, 0) is 16.1 Å². The largest absolute Gasteiger partial charge is 0.490 e. The number of thioether (sulfide) groups is 1. The van der Waals surface area contributed by atoms with Gasteiger partial charge in [0, 0.05) is 17.4 Å². The predicted molar refractivity (Wildman–Crippen MR) is 134 cm³/mol. The molecule has 33 heavy (non-hydrogen) atoms. The number of likely N-dealkylation sites (tertiary alicyclic amines) is 1. The number of benzene rings is 2. The Bertz CT molecular complexity index is 905. The summed E-state index contributed by atoms with van der Waals surface area (Å²) < 4.78 is 17.6. The van der Waals surface area contributed by atoms with Gasteiger partial charge < -0.3 is 19.1 Å². The number of piperidine rings is 1. The van der Waals surface area contributed by atoms with Crippen LogP contribution in [0.5, 0.6) is 5.75 Å². The Morgan fingerprint density at radius 2 is 1.85 bits per heavy atom. The van der Waals surface area contributed by atoms with Crippen LogP contribution in [0.2, 0.25) is 0 Å². The summed E-state index contributed by atoms with van der Waals surface area (Å²) in [4.78, 5) is 15.7. The highest BCUT2D eigenvalue weighted by Gasteiger charge is 2.35. The number of ether oxygens (including phenoxy) is 3. The van der Waals surface area contributed by atoms with E-state index in [4.69, 9.17) is 14.2 Å². The third kappa shape index (κ3) is 7.54. The summed E-state index contributed by atoms with van der Waals surface area (Å²) in [6.45, 7) is 11.5. The van der Waals surface area contributed by atoms with E-state index in [0.29, 0.717) is 26.3 Å². The van der Waals surface area contributed by atoms with Crippen LogP contribution < -0.4 is 4.74 Å². The van der Waals surface area contributed by atoms with Crippen LogP contribution in [0.4, 0.5) is 4.79 Å². The molecule has 1 aliphatic heterocycles. The number of rotatable bonds is 8. The lowest BCUT2D eigenvalue weighted by Gasteiger charge is -2.39. The highest BCUT2D eigenvalue weighted by molar-refractivity contribution is 7.98. The minimum Gasteiger partial charge on any atom is -0.490 e. The lowest BCUT2D eigenvalue weighted by atomic mass is 9.87. The average molecular weight is 470 g/mol. The molecule has 0 N–H and O–H groups in total. The maximum atomic E-state index is 12.7. The number of hydrogen-bond donors (Lipinski definition) is 0. The van der Waals surface area contributed by atoms with E-state index in [1.807, 2.05) is 32.9 Å². The van der Waals surface area contributed by atoms with Gasteiger partial charge in [-0.3, -0.25) is 0 Å². The molecule has 1 saturated heterocycles. The molecule has 0 aromatic heterocycles. The molecular weight excluding hydrogens is 434 g/mol. The van der Waals surface area contributed by atoms with Crippen LogP contribution in [0.25, 0.3) is 0 Å². The van der Waals surface area contributed by atoms with Crippen LogP contribution in [0.1, 0.15) is 44.2 Å². The molecule has 0 bridgehead atoms. The summed E-state index contributed by atoms with van der Waals surface area (Å²) in [6, 6.07) is 16.6. The van der Waals surface area contributed by atoms with Crippen LogP contribution in [0.3, 0.4) is 0 Å². The Labute approximate surface area is 202 Å². The normalized spacial score (nSPS) is 18.6. The summed E-state index contributed by atoms with van der Waals surface area (Å²) in [5, 5.41) is 0.